The zero-order chi connectivity index (χ0) is 14.3. The molecule has 0 bridgehead atoms. The molecule has 1 aromatic heterocycles. The van der Waals surface area contributed by atoms with Crippen LogP contribution in [0.4, 0.5) is 0 Å². The van der Waals surface area contributed by atoms with E-state index in [1.54, 1.807) is 0 Å². The summed E-state index contributed by atoms with van der Waals surface area (Å²) in [6.45, 7) is 10.5. The Balaban J connectivity index is 2.67. The molecule has 0 saturated heterocycles. The molecular weight excluding hydrogens is 276 g/mol. The summed E-state index contributed by atoms with van der Waals surface area (Å²) in [5.41, 5.74) is 7.15. The average molecular weight is 295 g/mol. The summed E-state index contributed by atoms with van der Waals surface area (Å²) in [6, 6.07) is 1.84. The minimum Gasteiger partial charge on any atom is -0.383 e. The van der Waals surface area contributed by atoms with Gasteiger partial charge in [0.15, 0.2) is 0 Å². The standard InChI is InChI=1S/C16H19ClOS/c1-8-9(2)11(4)14(12(5)10(8)3)15(18)16-13(17)6-7-19-16/h6-7,15,18H,1-5H3. The van der Waals surface area contributed by atoms with E-state index in [9.17, 15) is 5.11 Å². The van der Waals surface area contributed by atoms with E-state index in [1.165, 1.54) is 28.0 Å². The number of rotatable bonds is 2. The smallest absolute Gasteiger partial charge is 0.115 e. The van der Waals surface area contributed by atoms with Crippen LogP contribution >= 0.6 is 22.9 Å². The molecule has 0 radical (unpaired) electrons. The third-order valence-corrected chi connectivity index (χ3v) is 5.64. The van der Waals surface area contributed by atoms with Crippen molar-refractivity contribution < 1.29 is 5.11 Å². The molecule has 0 aliphatic rings. The summed E-state index contributed by atoms with van der Waals surface area (Å²) in [6.07, 6.45) is -0.634. The van der Waals surface area contributed by atoms with Gasteiger partial charge in [0.1, 0.15) is 6.10 Å². The predicted molar refractivity (Wildman–Crippen MR) is 83.5 cm³/mol. The average Bonchev–Trinajstić information content (AvgIpc) is 2.80. The molecule has 102 valence electrons. The zero-order valence-corrected chi connectivity index (χ0v) is 13.5. The first-order valence-corrected chi connectivity index (χ1v) is 7.59. The Labute approximate surface area is 123 Å². The summed E-state index contributed by atoms with van der Waals surface area (Å²) < 4.78 is 0. The first-order chi connectivity index (χ1) is 8.86. The Morgan fingerprint density at radius 3 is 1.84 bits per heavy atom. The molecular formula is C16H19ClOS. The molecule has 0 aliphatic heterocycles. The Morgan fingerprint density at radius 1 is 0.947 bits per heavy atom. The van der Waals surface area contributed by atoms with Crippen LogP contribution in [-0.2, 0) is 0 Å². The molecule has 0 amide bonds. The molecule has 0 aliphatic carbocycles. The Hall–Kier alpha value is -0.830. The maximum atomic E-state index is 10.7. The van der Waals surface area contributed by atoms with E-state index in [-0.39, 0.29) is 0 Å². The summed E-state index contributed by atoms with van der Waals surface area (Å²) >= 11 is 7.65. The third kappa shape index (κ3) is 2.33. The SMILES string of the molecule is Cc1c(C)c(C)c(C(O)c2sccc2Cl)c(C)c1C. The number of hydrogen-bond donors (Lipinski definition) is 1. The monoisotopic (exact) mass is 294 g/mol. The van der Waals surface area contributed by atoms with Crippen molar-refractivity contribution in [2.75, 3.05) is 0 Å². The van der Waals surface area contributed by atoms with E-state index in [2.05, 4.69) is 34.6 Å². The van der Waals surface area contributed by atoms with Crippen LogP contribution in [0.1, 0.15) is 44.4 Å². The van der Waals surface area contributed by atoms with Crippen molar-refractivity contribution in [3.05, 3.63) is 54.7 Å². The summed E-state index contributed by atoms with van der Waals surface area (Å²) in [5.74, 6) is 0. The van der Waals surface area contributed by atoms with Crippen molar-refractivity contribution in [1.82, 2.24) is 0 Å². The highest BCUT2D eigenvalue weighted by Crippen LogP contribution is 2.38. The van der Waals surface area contributed by atoms with E-state index >= 15 is 0 Å². The third-order valence-electron chi connectivity index (χ3n) is 4.22. The van der Waals surface area contributed by atoms with Crippen LogP contribution < -0.4 is 0 Å². The lowest BCUT2D eigenvalue weighted by Gasteiger charge is -2.22. The van der Waals surface area contributed by atoms with Crippen LogP contribution in [0.2, 0.25) is 5.02 Å². The highest BCUT2D eigenvalue weighted by molar-refractivity contribution is 7.10. The van der Waals surface area contributed by atoms with E-state index in [1.807, 2.05) is 11.4 Å². The van der Waals surface area contributed by atoms with Gasteiger partial charge in [0, 0.05) is 0 Å². The quantitative estimate of drug-likeness (QED) is 0.824. The lowest BCUT2D eigenvalue weighted by atomic mass is 9.87. The number of aliphatic hydroxyl groups is 1. The van der Waals surface area contributed by atoms with Crippen molar-refractivity contribution in [1.29, 1.82) is 0 Å². The second-order valence-electron chi connectivity index (χ2n) is 5.07. The van der Waals surface area contributed by atoms with E-state index < -0.39 is 6.10 Å². The van der Waals surface area contributed by atoms with Crippen molar-refractivity contribution >= 4 is 22.9 Å². The molecule has 1 aromatic carbocycles. The number of aliphatic hydroxyl groups excluding tert-OH is 1. The normalized spacial score (nSPS) is 12.8. The molecule has 0 fully saturated rings. The van der Waals surface area contributed by atoms with Gasteiger partial charge in [-0.25, -0.2) is 0 Å². The van der Waals surface area contributed by atoms with E-state index in [4.69, 9.17) is 11.6 Å². The Bertz CT molecular complexity index is 599. The molecule has 3 heteroatoms. The summed E-state index contributed by atoms with van der Waals surface area (Å²) in [4.78, 5) is 0.829. The van der Waals surface area contributed by atoms with Gasteiger partial charge in [0.25, 0.3) is 0 Å². The Morgan fingerprint density at radius 2 is 1.42 bits per heavy atom. The molecule has 0 spiro atoms. The maximum absolute atomic E-state index is 10.7. The van der Waals surface area contributed by atoms with E-state index in [0.717, 1.165) is 21.6 Å². The van der Waals surface area contributed by atoms with Gasteiger partial charge in [-0.15, -0.1) is 11.3 Å². The maximum Gasteiger partial charge on any atom is 0.115 e. The highest BCUT2D eigenvalue weighted by atomic mass is 35.5. The molecule has 2 aromatic rings. The molecule has 1 unspecified atom stereocenters. The minimum atomic E-state index is -0.634. The van der Waals surface area contributed by atoms with Crippen molar-refractivity contribution in [2.24, 2.45) is 0 Å². The van der Waals surface area contributed by atoms with Gasteiger partial charge in [-0.3, -0.25) is 0 Å². The first-order valence-electron chi connectivity index (χ1n) is 6.34. The first kappa shape index (κ1) is 14.6. The number of thiophene rings is 1. The second kappa shape index (κ2) is 5.28. The highest BCUT2D eigenvalue weighted by Gasteiger charge is 2.22. The fourth-order valence-electron chi connectivity index (χ4n) is 2.57. The number of halogens is 1. The second-order valence-corrected chi connectivity index (χ2v) is 6.43. The van der Waals surface area contributed by atoms with Gasteiger partial charge >= 0.3 is 0 Å². The molecule has 2 rings (SSSR count). The van der Waals surface area contributed by atoms with Crippen molar-refractivity contribution in [3.8, 4) is 0 Å². The zero-order valence-electron chi connectivity index (χ0n) is 12.0. The van der Waals surface area contributed by atoms with Gasteiger partial charge < -0.3 is 5.11 Å². The lowest BCUT2D eigenvalue weighted by molar-refractivity contribution is 0.222. The van der Waals surface area contributed by atoms with Gasteiger partial charge in [0.05, 0.1) is 9.90 Å². The van der Waals surface area contributed by atoms with Crippen LogP contribution in [0.15, 0.2) is 11.4 Å². The predicted octanol–water partition coefficient (Wildman–Crippen LogP) is 5.03. The van der Waals surface area contributed by atoms with Gasteiger partial charge in [0.2, 0.25) is 0 Å². The van der Waals surface area contributed by atoms with Crippen LogP contribution in [0, 0.1) is 34.6 Å². The molecule has 0 saturated carbocycles. The van der Waals surface area contributed by atoms with Gasteiger partial charge in [-0.05, 0) is 79.4 Å². The van der Waals surface area contributed by atoms with Crippen LogP contribution in [0.25, 0.3) is 0 Å². The van der Waals surface area contributed by atoms with E-state index in [0.29, 0.717) is 5.02 Å². The fourth-order valence-corrected chi connectivity index (χ4v) is 3.72. The van der Waals surface area contributed by atoms with Gasteiger partial charge in [-0.2, -0.15) is 0 Å². The molecule has 1 nitrogen and oxygen atoms in total. The molecule has 1 N–H and O–H groups in total. The molecule has 19 heavy (non-hydrogen) atoms. The van der Waals surface area contributed by atoms with Crippen molar-refractivity contribution in [2.45, 2.75) is 40.7 Å². The molecule has 1 atom stereocenters. The lowest BCUT2D eigenvalue weighted by Crippen LogP contribution is -2.08. The van der Waals surface area contributed by atoms with Crippen LogP contribution in [0.5, 0.6) is 0 Å². The Kier molecular flexibility index (Phi) is 4.05. The van der Waals surface area contributed by atoms with Crippen LogP contribution in [-0.4, -0.2) is 5.11 Å². The summed E-state index contributed by atoms with van der Waals surface area (Å²) in [7, 11) is 0. The van der Waals surface area contributed by atoms with Crippen molar-refractivity contribution in [3.63, 3.8) is 0 Å². The number of benzene rings is 1. The van der Waals surface area contributed by atoms with Gasteiger partial charge in [-0.1, -0.05) is 11.6 Å². The largest absolute Gasteiger partial charge is 0.383 e. The summed E-state index contributed by atoms with van der Waals surface area (Å²) in [5, 5.41) is 13.3. The topological polar surface area (TPSA) is 20.2 Å². The number of hydrogen-bond acceptors (Lipinski definition) is 2. The minimum absolute atomic E-state index is 0.634. The molecule has 1 heterocycles. The fraction of sp³-hybridized carbons (Fsp3) is 0.375. The van der Waals surface area contributed by atoms with Crippen LogP contribution in [0.3, 0.4) is 0 Å².